The molecule has 0 aliphatic heterocycles. The molecule has 16 heavy (non-hydrogen) atoms. The van der Waals surface area contributed by atoms with Crippen LogP contribution < -0.4 is 4.74 Å². The van der Waals surface area contributed by atoms with Gasteiger partial charge < -0.3 is 14.9 Å². The summed E-state index contributed by atoms with van der Waals surface area (Å²) in [5.41, 5.74) is 0. The van der Waals surface area contributed by atoms with Crippen LogP contribution in [0.25, 0.3) is 0 Å². The minimum atomic E-state index is -3.20. The van der Waals surface area contributed by atoms with Crippen molar-refractivity contribution in [2.45, 2.75) is 11.0 Å². The Bertz CT molecular complexity index is 423. The molecule has 2 N–H and O–H groups in total. The molecule has 0 heterocycles. The first-order valence-corrected chi connectivity index (χ1v) is 6.54. The molecule has 0 aromatic heterocycles. The summed E-state index contributed by atoms with van der Waals surface area (Å²) >= 11 is 0. The van der Waals surface area contributed by atoms with E-state index in [9.17, 15) is 8.42 Å². The molecule has 0 fully saturated rings. The summed E-state index contributed by atoms with van der Waals surface area (Å²) in [6.45, 7) is -0.407. The van der Waals surface area contributed by atoms with E-state index in [0.717, 1.165) is 6.26 Å². The van der Waals surface area contributed by atoms with Gasteiger partial charge in [0, 0.05) is 6.26 Å². The summed E-state index contributed by atoms with van der Waals surface area (Å²) in [6, 6.07) is 5.85. The van der Waals surface area contributed by atoms with Crippen LogP contribution in [0.3, 0.4) is 0 Å². The highest BCUT2D eigenvalue weighted by Crippen LogP contribution is 2.15. The third-order valence-corrected chi connectivity index (χ3v) is 3.03. The molecule has 1 rings (SSSR count). The lowest BCUT2D eigenvalue weighted by atomic mass is 10.3. The van der Waals surface area contributed by atoms with Crippen LogP contribution in [0.2, 0.25) is 0 Å². The van der Waals surface area contributed by atoms with E-state index in [2.05, 4.69) is 0 Å². The number of sulfone groups is 1. The fourth-order valence-electron chi connectivity index (χ4n) is 1.03. The van der Waals surface area contributed by atoms with E-state index in [4.69, 9.17) is 14.9 Å². The van der Waals surface area contributed by atoms with Gasteiger partial charge in [-0.1, -0.05) is 0 Å². The Morgan fingerprint density at radius 3 is 2.31 bits per heavy atom. The topological polar surface area (TPSA) is 83.8 Å². The number of ether oxygens (including phenoxy) is 1. The van der Waals surface area contributed by atoms with E-state index in [1.807, 2.05) is 0 Å². The largest absolute Gasteiger partial charge is 0.491 e. The molecule has 5 nitrogen and oxygen atoms in total. The average Bonchev–Trinajstić information content (AvgIpc) is 2.25. The zero-order valence-corrected chi connectivity index (χ0v) is 9.64. The van der Waals surface area contributed by atoms with Crippen LogP contribution in [-0.4, -0.2) is 44.2 Å². The Morgan fingerprint density at radius 1 is 1.31 bits per heavy atom. The maximum Gasteiger partial charge on any atom is 0.175 e. The van der Waals surface area contributed by atoms with Crippen LogP contribution >= 0.6 is 0 Å². The Kier molecular flexibility index (Phi) is 4.28. The van der Waals surface area contributed by atoms with Gasteiger partial charge in [-0.3, -0.25) is 0 Å². The molecule has 1 atom stereocenters. The Balaban J connectivity index is 2.66. The highest BCUT2D eigenvalue weighted by atomic mass is 32.2. The van der Waals surface area contributed by atoms with Crippen LogP contribution in [0.1, 0.15) is 0 Å². The molecule has 0 saturated carbocycles. The van der Waals surface area contributed by atoms with Gasteiger partial charge in [-0.2, -0.15) is 0 Å². The number of benzene rings is 1. The fourth-order valence-corrected chi connectivity index (χ4v) is 1.66. The molecular weight excluding hydrogens is 232 g/mol. The molecule has 0 bridgehead atoms. The highest BCUT2D eigenvalue weighted by molar-refractivity contribution is 7.90. The number of hydrogen-bond donors (Lipinski definition) is 2. The van der Waals surface area contributed by atoms with Crippen molar-refractivity contribution in [2.24, 2.45) is 0 Å². The van der Waals surface area contributed by atoms with Crippen molar-refractivity contribution in [1.82, 2.24) is 0 Å². The van der Waals surface area contributed by atoms with E-state index < -0.39 is 15.9 Å². The normalized spacial score (nSPS) is 13.4. The quantitative estimate of drug-likeness (QED) is 0.753. The zero-order chi connectivity index (χ0) is 12.2. The average molecular weight is 246 g/mol. The van der Waals surface area contributed by atoms with Crippen LogP contribution in [0, 0.1) is 0 Å². The van der Waals surface area contributed by atoms with Gasteiger partial charge in [0.25, 0.3) is 0 Å². The van der Waals surface area contributed by atoms with E-state index in [1.165, 1.54) is 24.3 Å². The third kappa shape index (κ3) is 3.80. The molecule has 0 amide bonds. The van der Waals surface area contributed by atoms with Crippen LogP contribution in [0.15, 0.2) is 29.2 Å². The van der Waals surface area contributed by atoms with Gasteiger partial charge >= 0.3 is 0 Å². The molecule has 1 aromatic rings. The molecule has 0 spiro atoms. The monoisotopic (exact) mass is 246 g/mol. The summed E-state index contributed by atoms with van der Waals surface area (Å²) in [7, 11) is -3.20. The Hall–Kier alpha value is -1.11. The molecule has 0 radical (unpaired) electrons. The maximum absolute atomic E-state index is 11.1. The van der Waals surface area contributed by atoms with Crippen molar-refractivity contribution < 1.29 is 23.4 Å². The van der Waals surface area contributed by atoms with Gasteiger partial charge in [-0.05, 0) is 24.3 Å². The number of aliphatic hydroxyl groups is 2. The lowest BCUT2D eigenvalue weighted by Gasteiger charge is -2.09. The molecule has 0 saturated heterocycles. The SMILES string of the molecule is CS(=O)(=O)c1ccc(OC[C@H](O)CO)cc1. The van der Waals surface area contributed by atoms with Crippen molar-refractivity contribution in [3.05, 3.63) is 24.3 Å². The Labute approximate surface area is 94.2 Å². The minimum absolute atomic E-state index is 0.0330. The van der Waals surface area contributed by atoms with Crippen molar-refractivity contribution in [3.8, 4) is 5.75 Å². The summed E-state index contributed by atoms with van der Waals surface area (Å²) in [5.74, 6) is 0.444. The van der Waals surface area contributed by atoms with Crippen molar-refractivity contribution in [3.63, 3.8) is 0 Å². The summed E-state index contributed by atoms with van der Waals surface area (Å²) in [4.78, 5) is 0.211. The lowest BCUT2D eigenvalue weighted by Crippen LogP contribution is -2.21. The third-order valence-electron chi connectivity index (χ3n) is 1.91. The van der Waals surface area contributed by atoms with Crippen molar-refractivity contribution >= 4 is 9.84 Å². The smallest absolute Gasteiger partial charge is 0.175 e. The molecule has 90 valence electrons. The molecular formula is C10H14O5S. The molecule has 0 aliphatic rings. The molecule has 6 heteroatoms. The summed E-state index contributed by atoms with van der Waals surface area (Å²) in [5, 5.41) is 17.6. The second kappa shape index (κ2) is 5.29. The number of aliphatic hydroxyl groups excluding tert-OH is 2. The van der Waals surface area contributed by atoms with Crippen LogP contribution in [-0.2, 0) is 9.84 Å². The van der Waals surface area contributed by atoms with E-state index in [0.29, 0.717) is 5.75 Å². The predicted molar refractivity (Wildman–Crippen MR) is 58.1 cm³/mol. The van der Waals surface area contributed by atoms with Gasteiger partial charge in [-0.15, -0.1) is 0 Å². The fraction of sp³-hybridized carbons (Fsp3) is 0.400. The first kappa shape index (κ1) is 13.0. The van der Waals surface area contributed by atoms with Crippen LogP contribution in [0.5, 0.6) is 5.75 Å². The molecule has 1 aromatic carbocycles. The van der Waals surface area contributed by atoms with Crippen molar-refractivity contribution in [1.29, 1.82) is 0 Å². The lowest BCUT2D eigenvalue weighted by molar-refractivity contribution is 0.0536. The summed E-state index contributed by atoms with van der Waals surface area (Å²) < 4.78 is 27.4. The second-order valence-electron chi connectivity index (χ2n) is 3.39. The van der Waals surface area contributed by atoms with E-state index >= 15 is 0 Å². The minimum Gasteiger partial charge on any atom is -0.491 e. The molecule has 0 aliphatic carbocycles. The van der Waals surface area contributed by atoms with Gasteiger partial charge in [-0.25, -0.2) is 8.42 Å². The van der Waals surface area contributed by atoms with Crippen molar-refractivity contribution in [2.75, 3.05) is 19.5 Å². The maximum atomic E-state index is 11.1. The van der Waals surface area contributed by atoms with E-state index in [1.54, 1.807) is 0 Å². The molecule has 0 unspecified atom stereocenters. The zero-order valence-electron chi connectivity index (χ0n) is 8.83. The first-order chi connectivity index (χ1) is 7.43. The Morgan fingerprint density at radius 2 is 1.88 bits per heavy atom. The van der Waals surface area contributed by atoms with Crippen LogP contribution in [0.4, 0.5) is 0 Å². The van der Waals surface area contributed by atoms with Gasteiger partial charge in [0.15, 0.2) is 9.84 Å². The van der Waals surface area contributed by atoms with Gasteiger partial charge in [0.05, 0.1) is 11.5 Å². The van der Waals surface area contributed by atoms with Gasteiger partial charge in [0.1, 0.15) is 18.5 Å². The predicted octanol–water partition coefficient (Wildman–Crippen LogP) is -0.178. The number of rotatable bonds is 5. The summed E-state index contributed by atoms with van der Waals surface area (Å²) in [6.07, 6.45) is 0.188. The van der Waals surface area contributed by atoms with E-state index in [-0.39, 0.29) is 18.1 Å². The standard InChI is InChI=1S/C10H14O5S/c1-16(13,14)10-4-2-9(3-5-10)15-7-8(12)6-11/h2-5,8,11-12H,6-7H2,1H3/t8-/m1/s1. The highest BCUT2D eigenvalue weighted by Gasteiger charge is 2.07. The number of hydrogen-bond acceptors (Lipinski definition) is 5. The first-order valence-electron chi connectivity index (χ1n) is 4.65. The van der Waals surface area contributed by atoms with Gasteiger partial charge in [0.2, 0.25) is 0 Å². The second-order valence-corrected chi connectivity index (χ2v) is 5.41.